The van der Waals surface area contributed by atoms with E-state index in [0.29, 0.717) is 19.5 Å². The van der Waals surface area contributed by atoms with E-state index in [1.54, 1.807) is 16.5 Å². The van der Waals surface area contributed by atoms with E-state index in [-0.39, 0.29) is 17.9 Å². The van der Waals surface area contributed by atoms with Crippen molar-refractivity contribution >= 4 is 11.9 Å². The van der Waals surface area contributed by atoms with Crippen molar-refractivity contribution < 1.29 is 14.7 Å². The Bertz CT molecular complexity index is 555. The number of hydrogen-bond donors (Lipinski definition) is 1. The summed E-state index contributed by atoms with van der Waals surface area (Å²) in [4.78, 5) is 24.3. The van der Waals surface area contributed by atoms with Gasteiger partial charge in [-0.3, -0.25) is 14.3 Å². The molecule has 0 spiro atoms. The van der Waals surface area contributed by atoms with Crippen LogP contribution in [0, 0.1) is 0 Å². The summed E-state index contributed by atoms with van der Waals surface area (Å²) in [6.45, 7) is 8.73. The number of carboxylic acid groups (broad SMARTS) is 1. The molecule has 2 rings (SSSR count). The topological polar surface area (TPSA) is 75.4 Å². The molecule has 1 N–H and O–H groups in total. The summed E-state index contributed by atoms with van der Waals surface area (Å²) in [5.41, 5.74) is 2.68. The minimum atomic E-state index is -0.898. The minimum absolute atomic E-state index is 0.0430. The molecule has 6 nitrogen and oxygen atoms in total. The molecule has 1 aromatic rings. The molecule has 0 aliphatic carbocycles. The second-order valence-electron chi connectivity index (χ2n) is 6.27. The molecule has 0 saturated carbocycles. The quantitative estimate of drug-likeness (QED) is 0.881. The van der Waals surface area contributed by atoms with Crippen LogP contribution in [-0.4, -0.2) is 38.2 Å². The fraction of sp³-hybridized carbons (Fsp3) is 0.643. The molecule has 20 heavy (non-hydrogen) atoms. The zero-order valence-electron chi connectivity index (χ0n) is 12.4. The molecule has 1 aromatic heterocycles. The molecule has 1 aliphatic heterocycles. The molecule has 1 aliphatic rings. The molecule has 0 bridgehead atoms. The van der Waals surface area contributed by atoms with E-state index in [1.165, 1.54) is 0 Å². The van der Waals surface area contributed by atoms with Crippen LogP contribution in [0.3, 0.4) is 0 Å². The van der Waals surface area contributed by atoms with Crippen LogP contribution in [0.5, 0.6) is 0 Å². The van der Waals surface area contributed by atoms with Gasteiger partial charge >= 0.3 is 5.97 Å². The van der Waals surface area contributed by atoms with Gasteiger partial charge in [-0.15, -0.1) is 0 Å². The van der Waals surface area contributed by atoms with E-state index in [1.807, 2.05) is 20.8 Å². The lowest BCUT2D eigenvalue weighted by molar-refractivity contribution is -0.138. The Morgan fingerprint density at radius 2 is 2.00 bits per heavy atom. The number of carbonyl (C=O) groups excluding carboxylic acids is 1. The van der Waals surface area contributed by atoms with E-state index in [0.717, 1.165) is 17.0 Å². The number of rotatable bonds is 2. The molecule has 0 unspecified atom stereocenters. The van der Waals surface area contributed by atoms with Crippen LogP contribution in [0.1, 0.15) is 44.6 Å². The normalized spacial score (nSPS) is 15.1. The van der Waals surface area contributed by atoms with Gasteiger partial charge in [0.05, 0.1) is 5.69 Å². The number of carboxylic acids is 1. The van der Waals surface area contributed by atoms with Crippen LogP contribution in [0.4, 0.5) is 0 Å². The van der Waals surface area contributed by atoms with E-state index >= 15 is 0 Å². The minimum Gasteiger partial charge on any atom is -0.480 e. The number of fused-ring (bicyclic) bond motifs is 1. The van der Waals surface area contributed by atoms with Crippen molar-refractivity contribution in [3.05, 3.63) is 17.0 Å². The number of carbonyl (C=O) groups is 2. The van der Waals surface area contributed by atoms with Gasteiger partial charge < -0.3 is 10.0 Å². The van der Waals surface area contributed by atoms with Crippen LogP contribution >= 0.6 is 0 Å². The SMILES string of the molecule is CC(=O)N1CCc2c(c(C(C)(C)C)nn2CC(=O)O)C1. The van der Waals surface area contributed by atoms with Crippen LogP contribution in [-0.2, 0) is 34.5 Å². The van der Waals surface area contributed by atoms with Crippen molar-refractivity contribution in [1.82, 2.24) is 14.7 Å². The third kappa shape index (κ3) is 2.69. The van der Waals surface area contributed by atoms with Gasteiger partial charge in [0.1, 0.15) is 6.54 Å². The van der Waals surface area contributed by atoms with Gasteiger partial charge in [-0.25, -0.2) is 0 Å². The smallest absolute Gasteiger partial charge is 0.325 e. The molecule has 0 aromatic carbocycles. The number of aliphatic carboxylic acids is 1. The number of hydrogen-bond acceptors (Lipinski definition) is 3. The number of nitrogens with zero attached hydrogens (tertiary/aromatic N) is 3. The summed E-state index contributed by atoms with van der Waals surface area (Å²) in [6, 6.07) is 0. The zero-order chi connectivity index (χ0) is 15.1. The molecule has 1 amide bonds. The van der Waals surface area contributed by atoms with Crippen molar-refractivity contribution in [2.45, 2.75) is 52.6 Å². The second-order valence-corrected chi connectivity index (χ2v) is 6.27. The molecule has 0 radical (unpaired) electrons. The van der Waals surface area contributed by atoms with E-state index < -0.39 is 5.97 Å². The number of amides is 1. The molecular weight excluding hydrogens is 258 g/mol. The Hall–Kier alpha value is -1.85. The molecule has 110 valence electrons. The standard InChI is InChI=1S/C14H21N3O3/c1-9(18)16-6-5-11-10(7-16)13(14(2,3)4)15-17(11)8-12(19)20/h5-8H2,1-4H3,(H,19,20). The highest BCUT2D eigenvalue weighted by Gasteiger charge is 2.31. The van der Waals surface area contributed by atoms with Gasteiger partial charge in [-0.05, 0) is 0 Å². The average molecular weight is 279 g/mol. The van der Waals surface area contributed by atoms with Crippen molar-refractivity contribution in [2.75, 3.05) is 6.54 Å². The van der Waals surface area contributed by atoms with Gasteiger partial charge in [0.25, 0.3) is 0 Å². The maximum Gasteiger partial charge on any atom is 0.325 e. The Morgan fingerprint density at radius 1 is 1.35 bits per heavy atom. The predicted octanol–water partition coefficient (Wildman–Crippen LogP) is 1.17. The van der Waals surface area contributed by atoms with Crippen molar-refractivity contribution in [3.8, 4) is 0 Å². The van der Waals surface area contributed by atoms with Gasteiger partial charge in [0.2, 0.25) is 5.91 Å². The summed E-state index contributed by atoms with van der Waals surface area (Å²) < 4.78 is 1.58. The third-order valence-corrected chi connectivity index (χ3v) is 3.57. The van der Waals surface area contributed by atoms with Crippen LogP contribution < -0.4 is 0 Å². The summed E-state index contributed by atoms with van der Waals surface area (Å²) in [5, 5.41) is 13.5. The highest BCUT2D eigenvalue weighted by molar-refractivity contribution is 5.73. The van der Waals surface area contributed by atoms with Crippen LogP contribution in [0.2, 0.25) is 0 Å². The van der Waals surface area contributed by atoms with Crippen molar-refractivity contribution in [1.29, 1.82) is 0 Å². The average Bonchev–Trinajstić information content (AvgIpc) is 2.66. The van der Waals surface area contributed by atoms with Gasteiger partial charge in [-0.2, -0.15) is 5.10 Å². The van der Waals surface area contributed by atoms with Crippen molar-refractivity contribution in [3.63, 3.8) is 0 Å². The zero-order valence-corrected chi connectivity index (χ0v) is 12.4. The largest absolute Gasteiger partial charge is 0.480 e. The third-order valence-electron chi connectivity index (χ3n) is 3.57. The van der Waals surface area contributed by atoms with E-state index in [4.69, 9.17) is 5.11 Å². The molecule has 6 heteroatoms. The highest BCUT2D eigenvalue weighted by Crippen LogP contribution is 2.31. The Kier molecular flexibility index (Phi) is 3.58. The maximum atomic E-state index is 11.6. The highest BCUT2D eigenvalue weighted by atomic mass is 16.4. The first-order chi connectivity index (χ1) is 9.20. The van der Waals surface area contributed by atoms with Crippen LogP contribution in [0.15, 0.2) is 0 Å². The predicted molar refractivity (Wildman–Crippen MR) is 73.4 cm³/mol. The van der Waals surface area contributed by atoms with Gasteiger partial charge in [0.15, 0.2) is 0 Å². The first-order valence-corrected chi connectivity index (χ1v) is 6.76. The summed E-state index contributed by atoms with van der Waals surface area (Å²) in [7, 11) is 0. The monoisotopic (exact) mass is 279 g/mol. The molecule has 0 saturated heterocycles. The van der Waals surface area contributed by atoms with Gasteiger partial charge in [0, 0.05) is 43.1 Å². The Morgan fingerprint density at radius 3 is 2.50 bits per heavy atom. The lowest BCUT2D eigenvalue weighted by atomic mass is 9.87. The maximum absolute atomic E-state index is 11.6. The van der Waals surface area contributed by atoms with Crippen LogP contribution in [0.25, 0.3) is 0 Å². The first-order valence-electron chi connectivity index (χ1n) is 6.76. The Balaban J connectivity index is 2.47. The fourth-order valence-electron chi connectivity index (χ4n) is 2.62. The summed E-state index contributed by atoms with van der Waals surface area (Å²) in [6.07, 6.45) is 0.658. The molecule has 2 heterocycles. The molecule has 0 atom stereocenters. The van der Waals surface area contributed by atoms with Crippen molar-refractivity contribution in [2.24, 2.45) is 0 Å². The van der Waals surface area contributed by atoms with E-state index in [9.17, 15) is 9.59 Å². The molecular formula is C14H21N3O3. The lowest BCUT2D eigenvalue weighted by Gasteiger charge is -2.28. The van der Waals surface area contributed by atoms with Gasteiger partial charge in [-0.1, -0.05) is 20.8 Å². The Labute approximate surface area is 118 Å². The summed E-state index contributed by atoms with van der Waals surface area (Å²) >= 11 is 0. The van der Waals surface area contributed by atoms with E-state index in [2.05, 4.69) is 5.10 Å². The lowest BCUT2D eigenvalue weighted by Crippen LogP contribution is -2.35. The number of aromatic nitrogens is 2. The molecule has 0 fully saturated rings. The first kappa shape index (κ1) is 14.6. The second kappa shape index (κ2) is 4.92. The fourth-order valence-corrected chi connectivity index (χ4v) is 2.62. The summed E-state index contributed by atoms with van der Waals surface area (Å²) in [5.74, 6) is -0.855.